The van der Waals surface area contributed by atoms with Gasteiger partial charge in [-0.2, -0.15) is 0 Å². The van der Waals surface area contributed by atoms with E-state index < -0.39 is 0 Å². The van der Waals surface area contributed by atoms with Crippen LogP contribution in [0, 0.1) is 13.8 Å². The van der Waals surface area contributed by atoms with E-state index in [2.05, 4.69) is 14.9 Å². The van der Waals surface area contributed by atoms with Crippen LogP contribution in [-0.2, 0) is 6.42 Å². The summed E-state index contributed by atoms with van der Waals surface area (Å²) in [6.45, 7) is 5.60. The Morgan fingerprint density at radius 2 is 1.66 bits per heavy atom. The molecule has 7 nitrogen and oxygen atoms in total. The second-order valence-corrected chi connectivity index (χ2v) is 10.8. The van der Waals surface area contributed by atoms with Crippen molar-refractivity contribution in [1.29, 1.82) is 0 Å². The number of benzene rings is 2. The molecule has 0 bridgehead atoms. The molecule has 1 atom stereocenters. The lowest BCUT2D eigenvalue weighted by Gasteiger charge is -2.37. The zero-order valence-electron chi connectivity index (χ0n) is 22.4. The molecule has 2 amide bonds. The van der Waals surface area contributed by atoms with E-state index in [4.69, 9.17) is 11.6 Å². The zero-order valence-corrected chi connectivity index (χ0v) is 23.2. The number of aromatic nitrogens is 2. The van der Waals surface area contributed by atoms with Crippen LogP contribution in [0.15, 0.2) is 48.5 Å². The molecule has 8 heteroatoms. The Balaban J connectivity index is 1.27. The van der Waals surface area contributed by atoms with E-state index >= 15 is 0 Å². The Labute approximate surface area is 229 Å². The van der Waals surface area contributed by atoms with Crippen molar-refractivity contribution in [3.8, 4) is 0 Å². The van der Waals surface area contributed by atoms with Crippen LogP contribution in [0.25, 0.3) is 0 Å². The first-order valence-corrected chi connectivity index (χ1v) is 13.6. The van der Waals surface area contributed by atoms with Crippen molar-refractivity contribution in [2.24, 2.45) is 0 Å². The topological polar surface area (TPSA) is 69.6 Å². The molecule has 0 unspecified atom stereocenters. The lowest BCUT2D eigenvalue weighted by atomic mass is 10.00. The largest absolute Gasteiger partial charge is 0.356 e. The van der Waals surface area contributed by atoms with Gasteiger partial charge in [0.25, 0.3) is 11.8 Å². The van der Waals surface area contributed by atoms with Crippen molar-refractivity contribution in [1.82, 2.24) is 19.8 Å². The van der Waals surface area contributed by atoms with E-state index in [9.17, 15) is 9.59 Å². The Morgan fingerprint density at radius 1 is 0.921 bits per heavy atom. The van der Waals surface area contributed by atoms with Crippen LogP contribution in [0.5, 0.6) is 0 Å². The van der Waals surface area contributed by atoms with Gasteiger partial charge in [-0.3, -0.25) is 9.59 Å². The molecule has 0 saturated carbocycles. The third kappa shape index (κ3) is 5.12. The number of rotatable bonds is 5. The number of piperidine rings is 1. The molecule has 1 saturated heterocycles. The molecule has 2 aliphatic rings. The smallest absolute Gasteiger partial charge is 0.255 e. The highest BCUT2D eigenvalue weighted by molar-refractivity contribution is 6.33. The van der Waals surface area contributed by atoms with Gasteiger partial charge >= 0.3 is 0 Å². The minimum absolute atomic E-state index is 0.0192. The van der Waals surface area contributed by atoms with Crippen molar-refractivity contribution in [3.63, 3.8) is 0 Å². The lowest BCUT2D eigenvalue weighted by Crippen LogP contribution is -2.46. The van der Waals surface area contributed by atoms with Gasteiger partial charge in [0.1, 0.15) is 11.6 Å². The first-order chi connectivity index (χ1) is 18.2. The van der Waals surface area contributed by atoms with Gasteiger partial charge in [-0.1, -0.05) is 29.8 Å². The molecule has 0 spiro atoms. The number of halogens is 1. The number of anilines is 1. The fraction of sp³-hybridized carbons (Fsp3) is 0.400. The second kappa shape index (κ2) is 10.7. The molecule has 5 rings (SSSR count). The van der Waals surface area contributed by atoms with Gasteiger partial charge in [0.2, 0.25) is 0 Å². The maximum absolute atomic E-state index is 13.6. The summed E-state index contributed by atoms with van der Waals surface area (Å²) in [6, 6.07) is 15.2. The van der Waals surface area contributed by atoms with Crippen LogP contribution >= 0.6 is 11.6 Å². The normalized spacial score (nSPS) is 17.3. The first kappa shape index (κ1) is 26.2. The standard InChI is InChI=1S/C30H34ClN5O2/c1-19-17-28(33-20(2)32-19)36-15-13-23(14-16-36)34(3)29(37)22-10-9-21-11-12-27(25(21)18-22)35(4)30(38)24-7-5-6-8-26(24)31/h5-10,17-18,23,27H,11-16H2,1-4H3/t27-/m1/s1. The van der Waals surface area contributed by atoms with Gasteiger partial charge in [0.15, 0.2) is 0 Å². The van der Waals surface area contributed by atoms with E-state index in [-0.39, 0.29) is 23.9 Å². The molecule has 1 aromatic heterocycles. The number of hydrogen-bond donors (Lipinski definition) is 0. The van der Waals surface area contributed by atoms with E-state index in [0.717, 1.165) is 61.7 Å². The highest BCUT2D eigenvalue weighted by Gasteiger charge is 2.32. The minimum Gasteiger partial charge on any atom is -0.356 e. The Bertz CT molecular complexity index is 1350. The number of amides is 2. The van der Waals surface area contributed by atoms with Gasteiger partial charge in [-0.15, -0.1) is 0 Å². The molecule has 2 heterocycles. The van der Waals surface area contributed by atoms with Crippen LogP contribution in [-0.4, -0.2) is 64.8 Å². The average Bonchev–Trinajstić information content (AvgIpc) is 3.34. The third-order valence-electron chi connectivity index (χ3n) is 7.94. The number of carbonyl (C=O) groups is 2. The summed E-state index contributed by atoms with van der Waals surface area (Å²) in [7, 11) is 3.72. The van der Waals surface area contributed by atoms with Crippen molar-refractivity contribution >= 4 is 29.2 Å². The van der Waals surface area contributed by atoms with E-state index in [0.29, 0.717) is 16.1 Å². The number of nitrogens with zero attached hydrogens (tertiary/aromatic N) is 5. The highest BCUT2D eigenvalue weighted by atomic mass is 35.5. The van der Waals surface area contributed by atoms with E-state index in [1.54, 1.807) is 17.0 Å². The van der Waals surface area contributed by atoms with Gasteiger partial charge in [0, 0.05) is 50.6 Å². The first-order valence-electron chi connectivity index (χ1n) is 13.2. The molecule has 2 aromatic carbocycles. The summed E-state index contributed by atoms with van der Waals surface area (Å²) >= 11 is 6.30. The monoisotopic (exact) mass is 531 g/mol. The summed E-state index contributed by atoms with van der Waals surface area (Å²) in [5.41, 5.74) is 4.38. The van der Waals surface area contributed by atoms with E-state index in [1.807, 2.05) is 69.2 Å². The molecule has 1 aliphatic heterocycles. The molecule has 1 fully saturated rings. The van der Waals surface area contributed by atoms with Crippen LogP contribution in [0.3, 0.4) is 0 Å². The highest BCUT2D eigenvalue weighted by Crippen LogP contribution is 2.37. The van der Waals surface area contributed by atoms with Gasteiger partial charge in [-0.05, 0) is 74.9 Å². The lowest BCUT2D eigenvalue weighted by molar-refractivity contribution is 0.0709. The van der Waals surface area contributed by atoms with Crippen molar-refractivity contribution < 1.29 is 9.59 Å². The van der Waals surface area contributed by atoms with Gasteiger partial charge in [-0.25, -0.2) is 9.97 Å². The Morgan fingerprint density at radius 3 is 2.37 bits per heavy atom. The maximum atomic E-state index is 13.6. The minimum atomic E-state index is -0.108. The maximum Gasteiger partial charge on any atom is 0.255 e. The Kier molecular flexibility index (Phi) is 7.39. The fourth-order valence-corrected chi connectivity index (χ4v) is 6.01. The predicted octanol–water partition coefficient (Wildman–Crippen LogP) is 5.25. The summed E-state index contributed by atoms with van der Waals surface area (Å²) < 4.78 is 0. The number of aryl methyl sites for hydroxylation is 3. The quantitative estimate of drug-likeness (QED) is 0.450. The van der Waals surface area contributed by atoms with Crippen molar-refractivity contribution in [2.45, 2.75) is 51.6 Å². The Hall–Kier alpha value is -3.45. The van der Waals surface area contributed by atoms with Crippen molar-refractivity contribution in [2.75, 3.05) is 32.1 Å². The number of hydrogen-bond acceptors (Lipinski definition) is 5. The van der Waals surface area contributed by atoms with Crippen LogP contribution < -0.4 is 4.90 Å². The van der Waals surface area contributed by atoms with Crippen LogP contribution in [0.2, 0.25) is 5.02 Å². The summed E-state index contributed by atoms with van der Waals surface area (Å²) in [5, 5.41) is 0.448. The SMILES string of the molecule is Cc1cc(N2CCC(N(C)C(=O)c3ccc4c(c3)[C@H](N(C)C(=O)c3ccccc3Cl)CC4)CC2)nc(C)n1. The summed E-state index contributed by atoms with van der Waals surface area (Å²) in [4.78, 5) is 41.7. The zero-order chi connectivity index (χ0) is 27.0. The molecule has 0 N–H and O–H groups in total. The summed E-state index contributed by atoms with van der Waals surface area (Å²) in [5.74, 6) is 1.65. The summed E-state index contributed by atoms with van der Waals surface area (Å²) in [6.07, 6.45) is 3.47. The third-order valence-corrected chi connectivity index (χ3v) is 8.27. The van der Waals surface area contributed by atoms with Gasteiger partial charge < -0.3 is 14.7 Å². The molecule has 3 aromatic rings. The molecular weight excluding hydrogens is 498 g/mol. The predicted molar refractivity (Wildman–Crippen MR) is 150 cm³/mol. The van der Waals surface area contributed by atoms with Crippen LogP contribution in [0.1, 0.15) is 68.7 Å². The fourth-order valence-electron chi connectivity index (χ4n) is 5.79. The van der Waals surface area contributed by atoms with E-state index in [1.165, 1.54) is 5.56 Å². The van der Waals surface area contributed by atoms with Crippen LogP contribution in [0.4, 0.5) is 5.82 Å². The average molecular weight is 532 g/mol. The molecule has 38 heavy (non-hydrogen) atoms. The molecule has 1 aliphatic carbocycles. The molecule has 198 valence electrons. The molecule has 0 radical (unpaired) electrons. The number of fused-ring (bicyclic) bond motifs is 1. The second-order valence-electron chi connectivity index (χ2n) is 10.4. The van der Waals surface area contributed by atoms with Crippen molar-refractivity contribution in [3.05, 3.63) is 87.3 Å². The molecular formula is C30H34ClN5O2. The number of carbonyl (C=O) groups excluding carboxylic acids is 2. The van der Waals surface area contributed by atoms with Gasteiger partial charge in [0.05, 0.1) is 16.6 Å².